The quantitative estimate of drug-likeness (QED) is 0.794. The molecule has 1 saturated carbocycles. The molecule has 2 fully saturated rings. The Kier molecular flexibility index (Phi) is 2.78. The summed E-state index contributed by atoms with van der Waals surface area (Å²) in [5, 5.41) is 9.36. The standard InChI is InChI=1S/C13H11F3N2O2/c14-13(15,16)10-3-9(4-18-5-10)11(8-17)6-12(7-11)19-1-2-20-12/h3-5H,1-2,6-7H2. The van der Waals surface area contributed by atoms with Crippen LogP contribution in [-0.2, 0) is 21.1 Å². The highest BCUT2D eigenvalue weighted by molar-refractivity contribution is 5.38. The third kappa shape index (κ3) is 1.96. The topological polar surface area (TPSA) is 55.1 Å². The average molecular weight is 284 g/mol. The number of halogens is 3. The van der Waals surface area contributed by atoms with Gasteiger partial charge in [0.25, 0.3) is 0 Å². The van der Waals surface area contributed by atoms with Crippen molar-refractivity contribution in [2.24, 2.45) is 0 Å². The molecule has 0 radical (unpaired) electrons. The van der Waals surface area contributed by atoms with Gasteiger partial charge in [-0.2, -0.15) is 18.4 Å². The van der Waals surface area contributed by atoms with Crippen molar-refractivity contribution in [3.05, 3.63) is 29.6 Å². The van der Waals surface area contributed by atoms with Crippen LogP contribution in [0.1, 0.15) is 24.0 Å². The number of ether oxygens (including phenoxy) is 2. The molecular formula is C13H11F3N2O2. The lowest BCUT2D eigenvalue weighted by Crippen LogP contribution is -2.54. The molecule has 0 aromatic carbocycles. The van der Waals surface area contributed by atoms with Crippen molar-refractivity contribution in [1.29, 1.82) is 5.26 Å². The number of hydrogen-bond acceptors (Lipinski definition) is 4. The largest absolute Gasteiger partial charge is 0.417 e. The van der Waals surface area contributed by atoms with Crippen molar-refractivity contribution < 1.29 is 22.6 Å². The first-order valence-corrected chi connectivity index (χ1v) is 6.11. The molecule has 0 bridgehead atoms. The summed E-state index contributed by atoms with van der Waals surface area (Å²) < 4.78 is 49.0. The zero-order chi connectivity index (χ0) is 14.4. The van der Waals surface area contributed by atoms with E-state index >= 15 is 0 Å². The van der Waals surface area contributed by atoms with Gasteiger partial charge in [0.1, 0.15) is 0 Å². The second-order valence-corrected chi connectivity index (χ2v) is 5.12. The molecule has 1 aliphatic heterocycles. The van der Waals surface area contributed by atoms with Crippen LogP contribution >= 0.6 is 0 Å². The Morgan fingerprint density at radius 3 is 2.40 bits per heavy atom. The Morgan fingerprint density at radius 1 is 1.20 bits per heavy atom. The van der Waals surface area contributed by atoms with E-state index in [4.69, 9.17) is 9.47 Å². The van der Waals surface area contributed by atoms with Crippen LogP contribution in [0.15, 0.2) is 18.5 Å². The highest BCUT2D eigenvalue weighted by atomic mass is 19.4. The zero-order valence-electron chi connectivity index (χ0n) is 10.4. The van der Waals surface area contributed by atoms with Gasteiger partial charge in [-0.05, 0) is 11.6 Å². The fourth-order valence-electron chi connectivity index (χ4n) is 2.77. The fraction of sp³-hybridized carbons (Fsp3) is 0.538. The van der Waals surface area contributed by atoms with Gasteiger partial charge in [-0.25, -0.2) is 0 Å². The van der Waals surface area contributed by atoms with Crippen LogP contribution in [-0.4, -0.2) is 24.0 Å². The molecule has 2 aliphatic rings. The Bertz CT molecular complexity index is 566. The third-order valence-corrected chi connectivity index (χ3v) is 3.79. The van der Waals surface area contributed by atoms with E-state index in [2.05, 4.69) is 11.1 Å². The van der Waals surface area contributed by atoms with E-state index in [1.54, 1.807) is 0 Å². The first kappa shape index (κ1) is 13.3. The van der Waals surface area contributed by atoms with Gasteiger partial charge >= 0.3 is 6.18 Å². The van der Waals surface area contributed by atoms with Crippen molar-refractivity contribution in [3.8, 4) is 6.07 Å². The van der Waals surface area contributed by atoms with Crippen molar-refractivity contribution >= 4 is 0 Å². The minimum atomic E-state index is -4.47. The van der Waals surface area contributed by atoms with Crippen LogP contribution < -0.4 is 0 Å². The SMILES string of the molecule is N#CC1(c2cncc(C(F)(F)F)c2)CC2(C1)OCCO2. The van der Waals surface area contributed by atoms with Gasteiger partial charge < -0.3 is 9.47 Å². The lowest BCUT2D eigenvalue weighted by atomic mass is 9.61. The van der Waals surface area contributed by atoms with E-state index in [-0.39, 0.29) is 18.4 Å². The van der Waals surface area contributed by atoms with Crippen molar-refractivity contribution in [3.63, 3.8) is 0 Å². The summed E-state index contributed by atoms with van der Waals surface area (Å²) in [6.45, 7) is 0.894. The Labute approximate surface area is 113 Å². The monoisotopic (exact) mass is 284 g/mol. The van der Waals surface area contributed by atoms with E-state index in [0.717, 1.165) is 12.3 Å². The number of nitrogens with zero attached hydrogens (tertiary/aromatic N) is 2. The van der Waals surface area contributed by atoms with Crippen LogP contribution in [0.5, 0.6) is 0 Å². The molecule has 20 heavy (non-hydrogen) atoms. The van der Waals surface area contributed by atoms with Crippen LogP contribution in [0.4, 0.5) is 13.2 Å². The molecule has 0 atom stereocenters. The molecule has 1 spiro atoms. The molecule has 1 aromatic rings. The van der Waals surface area contributed by atoms with Crippen LogP contribution in [0.3, 0.4) is 0 Å². The predicted octanol–water partition coefficient (Wildman–Crippen LogP) is 2.40. The summed E-state index contributed by atoms with van der Waals surface area (Å²) in [7, 11) is 0. The summed E-state index contributed by atoms with van der Waals surface area (Å²) in [6.07, 6.45) is -1.94. The molecule has 1 aliphatic carbocycles. The molecule has 0 amide bonds. The van der Waals surface area contributed by atoms with Crippen LogP contribution in [0.25, 0.3) is 0 Å². The highest BCUT2D eigenvalue weighted by Crippen LogP contribution is 2.54. The smallest absolute Gasteiger partial charge is 0.347 e. The van der Waals surface area contributed by atoms with E-state index in [9.17, 15) is 18.4 Å². The van der Waals surface area contributed by atoms with E-state index in [0.29, 0.717) is 13.2 Å². The van der Waals surface area contributed by atoms with Crippen LogP contribution in [0, 0.1) is 11.3 Å². The molecule has 106 valence electrons. The fourth-order valence-corrected chi connectivity index (χ4v) is 2.77. The first-order valence-electron chi connectivity index (χ1n) is 6.11. The molecule has 0 unspecified atom stereocenters. The van der Waals surface area contributed by atoms with Gasteiger partial charge in [0.2, 0.25) is 0 Å². The minimum Gasteiger partial charge on any atom is -0.347 e. The van der Waals surface area contributed by atoms with Gasteiger partial charge in [0, 0.05) is 25.2 Å². The summed E-state index contributed by atoms with van der Waals surface area (Å²) in [5.41, 5.74) is -1.60. The van der Waals surface area contributed by atoms with Gasteiger partial charge in [-0.3, -0.25) is 4.98 Å². The number of alkyl halides is 3. The lowest BCUT2D eigenvalue weighted by Gasteiger charge is -2.48. The second kappa shape index (κ2) is 4.17. The van der Waals surface area contributed by atoms with Gasteiger partial charge in [0.15, 0.2) is 5.79 Å². The Morgan fingerprint density at radius 2 is 1.85 bits per heavy atom. The summed E-state index contributed by atoms with van der Waals surface area (Å²) >= 11 is 0. The van der Waals surface area contributed by atoms with Crippen molar-refractivity contribution in [2.45, 2.75) is 30.2 Å². The highest BCUT2D eigenvalue weighted by Gasteiger charge is 2.60. The Hall–Kier alpha value is -1.65. The summed E-state index contributed by atoms with van der Waals surface area (Å²) in [4.78, 5) is 3.61. The normalized spacial score (nSPS) is 23.3. The molecule has 7 heteroatoms. The average Bonchev–Trinajstić information content (AvgIpc) is 2.84. The molecule has 3 rings (SSSR count). The Balaban J connectivity index is 1.90. The van der Waals surface area contributed by atoms with Crippen LogP contribution in [0.2, 0.25) is 0 Å². The molecule has 4 nitrogen and oxygen atoms in total. The van der Waals surface area contributed by atoms with E-state index in [1.165, 1.54) is 6.20 Å². The number of nitriles is 1. The summed E-state index contributed by atoms with van der Waals surface area (Å²) in [5.74, 6) is -0.802. The molecule has 2 heterocycles. The summed E-state index contributed by atoms with van der Waals surface area (Å²) in [6, 6.07) is 3.08. The van der Waals surface area contributed by atoms with E-state index in [1.807, 2.05) is 0 Å². The van der Waals surface area contributed by atoms with Gasteiger partial charge in [0.05, 0.1) is 30.3 Å². The maximum atomic E-state index is 12.7. The van der Waals surface area contributed by atoms with Gasteiger partial charge in [-0.15, -0.1) is 0 Å². The molecule has 1 saturated heterocycles. The first-order chi connectivity index (χ1) is 9.39. The number of pyridine rings is 1. The maximum Gasteiger partial charge on any atom is 0.417 e. The predicted molar refractivity (Wildman–Crippen MR) is 60.4 cm³/mol. The number of rotatable bonds is 1. The van der Waals surface area contributed by atoms with Crippen molar-refractivity contribution in [2.75, 3.05) is 13.2 Å². The molecular weight excluding hydrogens is 273 g/mol. The van der Waals surface area contributed by atoms with Gasteiger partial charge in [-0.1, -0.05) is 0 Å². The number of hydrogen-bond donors (Lipinski definition) is 0. The third-order valence-electron chi connectivity index (χ3n) is 3.79. The van der Waals surface area contributed by atoms with E-state index < -0.39 is 22.9 Å². The minimum absolute atomic E-state index is 0.236. The zero-order valence-corrected chi connectivity index (χ0v) is 10.4. The molecule has 1 aromatic heterocycles. The maximum absolute atomic E-state index is 12.7. The number of aromatic nitrogens is 1. The molecule has 0 N–H and O–H groups in total. The second-order valence-electron chi connectivity index (χ2n) is 5.12. The van der Waals surface area contributed by atoms with Crippen molar-refractivity contribution in [1.82, 2.24) is 4.98 Å². The lowest BCUT2D eigenvalue weighted by molar-refractivity contribution is -0.229.